The zero-order chi connectivity index (χ0) is 24.3. The van der Waals surface area contributed by atoms with Crippen molar-refractivity contribution in [3.8, 4) is 0 Å². The fourth-order valence-electron chi connectivity index (χ4n) is 5.02. The third-order valence-corrected chi connectivity index (χ3v) is 9.53. The van der Waals surface area contributed by atoms with E-state index in [1.54, 1.807) is 18.2 Å². The van der Waals surface area contributed by atoms with Gasteiger partial charge in [-0.3, -0.25) is 4.79 Å². The van der Waals surface area contributed by atoms with E-state index >= 15 is 0 Å². The van der Waals surface area contributed by atoms with Crippen LogP contribution in [-0.4, -0.2) is 38.6 Å². The number of sulfonamides is 1. The van der Waals surface area contributed by atoms with Gasteiger partial charge in [0.2, 0.25) is 10.0 Å². The van der Waals surface area contributed by atoms with Crippen LogP contribution in [0.1, 0.15) is 79.0 Å². The number of amides is 1. The van der Waals surface area contributed by atoms with Gasteiger partial charge in [0.15, 0.2) is 0 Å². The lowest BCUT2D eigenvalue weighted by Crippen LogP contribution is -2.38. The van der Waals surface area contributed by atoms with E-state index in [2.05, 4.69) is 29.8 Å². The first-order chi connectivity index (χ1) is 16.3. The number of benzene rings is 2. The van der Waals surface area contributed by atoms with Crippen molar-refractivity contribution in [1.29, 1.82) is 0 Å². The lowest BCUT2D eigenvalue weighted by molar-refractivity contribution is 0.0693. The number of aryl methyl sites for hydroxylation is 2. The second-order valence-electron chi connectivity index (χ2n) is 9.65. The van der Waals surface area contributed by atoms with Crippen LogP contribution in [0.4, 0.5) is 0 Å². The Hall–Kier alpha value is -1.83. The number of likely N-dealkylation sites (tertiary alicyclic amines) is 1. The topological polar surface area (TPSA) is 66.5 Å². The molecule has 0 saturated carbocycles. The summed E-state index contributed by atoms with van der Waals surface area (Å²) in [5, 5.41) is 0. The molecule has 2 aromatic carbocycles. The summed E-state index contributed by atoms with van der Waals surface area (Å²) in [6, 6.07) is 11.0. The van der Waals surface area contributed by atoms with E-state index in [-0.39, 0.29) is 16.8 Å². The number of carbonyl (C=O) groups is 1. The number of nitrogens with zero attached hydrogens (tertiary/aromatic N) is 1. The molecule has 1 heterocycles. The molecule has 0 spiro atoms. The van der Waals surface area contributed by atoms with Crippen molar-refractivity contribution in [3.05, 3.63) is 58.7 Å². The van der Waals surface area contributed by atoms with E-state index < -0.39 is 10.0 Å². The minimum atomic E-state index is -3.79. The molecule has 34 heavy (non-hydrogen) atoms. The third-order valence-electron chi connectivity index (χ3n) is 7.26. The highest BCUT2D eigenvalue weighted by Gasteiger charge is 2.27. The van der Waals surface area contributed by atoms with Crippen LogP contribution in [-0.2, 0) is 22.9 Å². The van der Waals surface area contributed by atoms with Crippen molar-refractivity contribution in [2.45, 2.75) is 74.6 Å². The van der Waals surface area contributed by atoms with Crippen LogP contribution in [0.15, 0.2) is 46.2 Å². The van der Waals surface area contributed by atoms with Crippen LogP contribution in [0.25, 0.3) is 0 Å². The molecule has 1 saturated heterocycles. The van der Waals surface area contributed by atoms with Gasteiger partial charge in [-0.1, -0.05) is 32.0 Å². The van der Waals surface area contributed by atoms with Crippen LogP contribution in [0.5, 0.6) is 0 Å². The molecule has 0 radical (unpaired) electrons. The maximum atomic E-state index is 13.4. The monoisotopic (exact) mass is 500 g/mol. The van der Waals surface area contributed by atoms with Crippen LogP contribution < -0.4 is 4.72 Å². The number of piperidine rings is 1. The Morgan fingerprint density at radius 3 is 2.47 bits per heavy atom. The fourth-order valence-corrected chi connectivity index (χ4v) is 6.92. The second kappa shape index (κ2) is 10.8. The quantitative estimate of drug-likeness (QED) is 0.504. The lowest BCUT2D eigenvalue weighted by atomic mass is 9.89. The minimum absolute atomic E-state index is 0.0740. The number of nitrogens with one attached hydrogen (secondary N) is 1. The summed E-state index contributed by atoms with van der Waals surface area (Å²) in [6.45, 7) is 5.65. The molecule has 1 aliphatic carbocycles. The predicted molar refractivity (Wildman–Crippen MR) is 139 cm³/mol. The zero-order valence-electron chi connectivity index (χ0n) is 20.5. The first-order valence-corrected chi connectivity index (χ1v) is 15.1. The molecule has 7 heteroatoms. The number of fused-ring (bicyclic) bond motifs is 1. The molecule has 5 nitrogen and oxygen atoms in total. The Kier molecular flexibility index (Phi) is 8.05. The van der Waals surface area contributed by atoms with Gasteiger partial charge in [0, 0.05) is 24.0 Å². The highest BCUT2D eigenvalue weighted by atomic mass is 32.2. The van der Waals surface area contributed by atoms with E-state index in [1.165, 1.54) is 35.7 Å². The van der Waals surface area contributed by atoms with Gasteiger partial charge in [0.1, 0.15) is 0 Å². The molecule has 2 aromatic rings. The normalized spacial score (nSPS) is 17.9. The van der Waals surface area contributed by atoms with Crippen LogP contribution >= 0.6 is 11.8 Å². The summed E-state index contributed by atoms with van der Waals surface area (Å²) in [4.78, 5) is 16.1. The molecule has 1 aliphatic heterocycles. The Bertz CT molecular complexity index is 1140. The average molecular weight is 501 g/mol. The Morgan fingerprint density at radius 1 is 1.09 bits per heavy atom. The van der Waals surface area contributed by atoms with E-state index in [4.69, 9.17) is 0 Å². The van der Waals surface area contributed by atoms with Crippen molar-refractivity contribution < 1.29 is 13.2 Å². The van der Waals surface area contributed by atoms with Crippen molar-refractivity contribution in [3.63, 3.8) is 0 Å². The summed E-state index contributed by atoms with van der Waals surface area (Å²) in [5.74, 6) is 0.546. The SMILES string of the molecule is CCC(NS(=O)(=O)c1ccc(SC)c(C(=O)N2CCC(C)CC2)c1)c1ccc2c(c1)CCCC2. The van der Waals surface area contributed by atoms with E-state index in [1.807, 2.05) is 18.1 Å². The maximum Gasteiger partial charge on any atom is 0.255 e. The largest absolute Gasteiger partial charge is 0.339 e. The molecule has 1 N–H and O–H groups in total. The van der Waals surface area contributed by atoms with Gasteiger partial charge in [0.05, 0.1) is 10.5 Å². The van der Waals surface area contributed by atoms with E-state index in [9.17, 15) is 13.2 Å². The van der Waals surface area contributed by atoms with Crippen LogP contribution in [0.2, 0.25) is 0 Å². The summed E-state index contributed by atoms with van der Waals surface area (Å²) in [6.07, 6.45) is 9.11. The Labute approximate surface area is 208 Å². The summed E-state index contributed by atoms with van der Waals surface area (Å²) < 4.78 is 29.7. The van der Waals surface area contributed by atoms with Gasteiger partial charge >= 0.3 is 0 Å². The molecule has 1 fully saturated rings. The van der Waals surface area contributed by atoms with Crippen LogP contribution in [0.3, 0.4) is 0 Å². The van der Waals surface area contributed by atoms with Gasteiger partial charge in [-0.2, -0.15) is 0 Å². The van der Waals surface area contributed by atoms with Crippen molar-refractivity contribution in [1.82, 2.24) is 9.62 Å². The Balaban J connectivity index is 1.59. The second-order valence-corrected chi connectivity index (χ2v) is 12.2. The number of carbonyl (C=O) groups excluding carboxylic acids is 1. The number of thioether (sulfide) groups is 1. The van der Waals surface area contributed by atoms with Gasteiger partial charge in [-0.15, -0.1) is 11.8 Å². The number of hydrogen-bond donors (Lipinski definition) is 1. The highest BCUT2D eigenvalue weighted by molar-refractivity contribution is 7.98. The van der Waals surface area contributed by atoms with Gasteiger partial charge < -0.3 is 4.90 Å². The molecule has 1 amide bonds. The van der Waals surface area contributed by atoms with Gasteiger partial charge in [0.25, 0.3) is 5.91 Å². The molecule has 1 atom stereocenters. The molecule has 184 valence electrons. The molecular weight excluding hydrogens is 464 g/mol. The minimum Gasteiger partial charge on any atom is -0.339 e. The first-order valence-electron chi connectivity index (χ1n) is 12.4. The van der Waals surface area contributed by atoms with Crippen molar-refractivity contribution in [2.75, 3.05) is 19.3 Å². The summed E-state index contributed by atoms with van der Waals surface area (Å²) in [5.41, 5.74) is 4.21. The highest BCUT2D eigenvalue weighted by Crippen LogP contribution is 2.30. The fraction of sp³-hybridized carbons (Fsp3) is 0.519. The first kappa shape index (κ1) is 25.3. The average Bonchev–Trinajstić information content (AvgIpc) is 2.86. The number of rotatable bonds is 7. The molecule has 4 rings (SSSR count). The molecule has 0 aromatic heterocycles. The third kappa shape index (κ3) is 5.52. The standard InChI is InChI=1S/C27H36N2O3S2/c1-4-25(22-10-9-20-7-5-6-8-21(20)17-22)28-34(31,32)23-11-12-26(33-3)24(18-23)27(30)29-15-13-19(2)14-16-29/h9-12,17-19,25,28H,4-8,13-16H2,1-3H3. The molecular formula is C27H36N2O3S2. The van der Waals surface area contributed by atoms with Crippen LogP contribution in [0, 0.1) is 5.92 Å². The number of hydrogen-bond acceptors (Lipinski definition) is 4. The summed E-state index contributed by atoms with van der Waals surface area (Å²) in [7, 11) is -3.79. The zero-order valence-corrected chi connectivity index (χ0v) is 22.1. The maximum absolute atomic E-state index is 13.4. The summed E-state index contributed by atoms with van der Waals surface area (Å²) >= 11 is 1.47. The smallest absolute Gasteiger partial charge is 0.255 e. The molecule has 1 unspecified atom stereocenters. The van der Waals surface area contributed by atoms with Gasteiger partial charge in [-0.25, -0.2) is 13.1 Å². The molecule has 0 bridgehead atoms. The van der Waals surface area contributed by atoms with Gasteiger partial charge in [-0.05, 0) is 92.0 Å². The van der Waals surface area contributed by atoms with E-state index in [0.717, 1.165) is 49.2 Å². The van der Waals surface area contributed by atoms with E-state index in [0.29, 0.717) is 17.9 Å². The molecule has 2 aliphatic rings. The van der Waals surface area contributed by atoms with Crippen molar-refractivity contribution >= 4 is 27.7 Å². The predicted octanol–water partition coefficient (Wildman–Crippen LogP) is 5.59. The Morgan fingerprint density at radius 2 is 1.79 bits per heavy atom. The van der Waals surface area contributed by atoms with Crippen molar-refractivity contribution in [2.24, 2.45) is 5.92 Å². The lowest BCUT2D eigenvalue weighted by Gasteiger charge is -2.31.